The summed E-state index contributed by atoms with van der Waals surface area (Å²) in [5.41, 5.74) is 0.171. The van der Waals surface area contributed by atoms with Crippen LogP contribution in [0.3, 0.4) is 0 Å². The number of hydrogen-bond donors (Lipinski definition) is 1. The molecule has 4 heteroatoms. The summed E-state index contributed by atoms with van der Waals surface area (Å²) in [7, 11) is 0. The van der Waals surface area contributed by atoms with Crippen molar-refractivity contribution in [2.75, 3.05) is 6.61 Å². The fourth-order valence-corrected chi connectivity index (χ4v) is 1.49. The van der Waals surface area contributed by atoms with Crippen molar-refractivity contribution in [3.63, 3.8) is 0 Å². The molecular formula is C12H15BrO3. The summed E-state index contributed by atoms with van der Waals surface area (Å²) in [6, 6.07) is 7.72. The minimum atomic E-state index is -0.848. The smallest absolute Gasteiger partial charge is 0.311 e. The summed E-state index contributed by atoms with van der Waals surface area (Å²) < 4.78 is 6.39. The Bertz CT molecular complexity index is 374. The topological polar surface area (TPSA) is 46.5 Å². The molecule has 0 unspecified atom stereocenters. The van der Waals surface area contributed by atoms with Crippen molar-refractivity contribution < 1.29 is 14.6 Å². The predicted octanol–water partition coefficient (Wildman–Crippen LogP) is 3.08. The summed E-state index contributed by atoms with van der Waals surface area (Å²) in [6.07, 6.45) is 0. The largest absolute Gasteiger partial charge is 0.481 e. The second-order valence-corrected chi connectivity index (χ2v) is 5.13. The van der Waals surface area contributed by atoms with Crippen molar-refractivity contribution in [2.24, 2.45) is 5.41 Å². The average Bonchev–Trinajstić information content (AvgIpc) is 2.20. The number of hydrogen-bond acceptors (Lipinski definition) is 2. The van der Waals surface area contributed by atoms with Gasteiger partial charge in [-0.05, 0) is 25.5 Å². The van der Waals surface area contributed by atoms with E-state index in [1.807, 2.05) is 24.3 Å². The highest BCUT2D eigenvalue weighted by molar-refractivity contribution is 9.10. The van der Waals surface area contributed by atoms with Crippen LogP contribution in [-0.4, -0.2) is 17.7 Å². The third-order valence-corrected chi connectivity index (χ3v) is 3.03. The molecule has 0 heterocycles. The van der Waals surface area contributed by atoms with E-state index in [9.17, 15) is 4.79 Å². The van der Waals surface area contributed by atoms with Gasteiger partial charge in [-0.1, -0.05) is 34.1 Å². The third-order valence-electron chi connectivity index (χ3n) is 2.26. The fourth-order valence-electron chi connectivity index (χ4n) is 1.09. The molecule has 16 heavy (non-hydrogen) atoms. The monoisotopic (exact) mass is 286 g/mol. The number of ether oxygens (including phenoxy) is 1. The molecule has 0 bridgehead atoms. The highest BCUT2D eigenvalue weighted by Gasteiger charge is 2.27. The number of carboxylic acids is 1. The zero-order chi connectivity index (χ0) is 12.2. The maximum Gasteiger partial charge on any atom is 0.311 e. The van der Waals surface area contributed by atoms with E-state index >= 15 is 0 Å². The molecule has 0 aromatic heterocycles. The molecule has 0 aliphatic carbocycles. The Kier molecular flexibility index (Phi) is 4.50. The summed E-state index contributed by atoms with van der Waals surface area (Å²) in [5.74, 6) is -0.848. The van der Waals surface area contributed by atoms with Crippen LogP contribution < -0.4 is 0 Å². The molecule has 0 aliphatic heterocycles. The van der Waals surface area contributed by atoms with Crippen LogP contribution in [0.25, 0.3) is 0 Å². The molecule has 0 saturated carbocycles. The van der Waals surface area contributed by atoms with Crippen molar-refractivity contribution in [3.8, 4) is 0 Å². The van der Waals surface area contributed by atoms with Gasteiger partial charge in [-0.15, -0.1) is 0 Å². The van der Waals surface area contributed by atoms with E-state index in [1.165, 1.54) is 0 Å². The van der Waals surface area contributed by atoms with Gasteiger partial charge in [0.05, 0.1) is 18.6 Å². The van der Waals surface area contributed by atoms with Gasteiger partial charge in [0.2, 0.25) is 0 Å². The number of halogens is 1. The Labute approximate surface area is 104 Å². The number of rotatable bonds is 5. The lowest BCUT2D eigenvalue weighted by atomic mass is 9.95. The van der Waals surface area contributed by atoms with E-state index in [-0.39, 0.29) is 6.61 Å². The molecule has 3 nitrogen and oxygen atoms in total. The summed E-state index contributed by atoms with van der Waals surface area (Å²) >= 11 is 3.41. The minimum absolute atomic E-state index is 0.198. The zero-order valence-corrected chi connectivity index (χ0v) is 11.0. The van der Waals surface area contributed by atoms with Crippen LogP contribution in [0.15, 0.2) is 28.7 Å². The van der Waals surface area contributed by atoms with E-state index < -0.39 is 11.4 Å². The van der Waals surface area contributed by atoms with Crippen LogP contribution in [0.4, 0.5) is 0 Å². The molecule has 1 rings (SSSR count). The molecule has 0 amide bonds. The van der Waals surface area contributed by atoms with Crippen molar-refractivity contribution in [2.45, 2.75) is 20.5 Å². The highest BCUT2D eigenvalue weighted by atomic mass is 79.9. The maximum atomic E-state index is 10.8. The Balaban J connectivity index is 2.48. The Morgan fingerprint density at radius 2 is 2.06 bits per heavy atom. The van der Waals surface area contributed by atoms with Gasteiger partial charge in [-0.2, -0.15) is 0 Å². The first-order valence-corrected chi connectivity index (χ1v) is 5.77. The lowest BCUT2D eigenvalue weighted by Gasteiger charge is -2.19. The van der Waals surface area contributed by atoms with Gasteiger partial charge < -0.3 is 9.84 Å². The first-order valence-electron chi connectivity index (χ1n) is 4.98. The molecule has 0 radical (unpaired) electrons. The molecular weight excluding hydrogens is 272 g/mol. The van der Waals surface area contributed by atoms with Gasteiger partial charge in [0, 0.05) is 4.47 Å². The van der Waals surface area contributed by atoms with Gasteiger partial charge in [-0.3, -0.25) is 4.79 Å². The molecule has 88 valence electrons. The van der Waals surface area contributed by atoms with Gasteiger partial charge in [0.25, 0.3) is 0 Å². The Morgan fingerprint density at radius 1 is 1.44 bits per heavy atom. The lowest BCUT2D eigenvalue weighted by molar-refractivity contribution is -0.150. The molecule has 0 atom stereocenters. The summed E-state index contributed by atoms with van der Waals surface area (Å²) in [6.45, 7) is 3.91. The van der Waals surface area contributed by atoms with Crippen molar-refractivity contribution in [1.82, 2.24) is 0 Å². The SMILES string of the molecule is CC(C)(COCc1ccccc1Br)C(=O)O. The molecule has 0 spiro atoms. The van der Waals surface area contributed by atoms with Crippen LogP contribution in [0.1, 0.15) is 19.4 Å². The number of carboxylic acid groups (broad SMARTS) is 1. The van der Waals surface area contributed by atoms with Crippen molar-refractivity contribution in [3.05, 3.63) is 34.3 Å². The van der Waals surface area contributed by atoms with Crippen LogP contribution in [0.2, 0.25) is 0 Å². The zero-order valence-electron chi connectivity index (χ0n) is 9.37. The first-order chi connectivity index (χ1) is 7.43. The number of carbonyl (C=O) groups is 1. The van der Waals surface area contributed by atoms with Gasteiger partial charge in [0.15, 0.2) is 0 Å². The molecule has 1 aromatic carbocycles. The molecule has 1 N–H and O–H groups in total. The Hall–Kier alpha value is -0.870. The van der Waals surface area contributed by atoms with Gasteiger partial charge in [-0.25, -0.2) is 0 Å². The van der Waals surface area contributed by atoms with Crippen LogP contribution in [0.5, 0.6) is 0 Å². The van der Waals surface area contributed by atoms with E-state index in [0.29, 0.717) is 6.61 Å². The van der Waals surface area contributed by atoms with Gasteiger partial charge >= 0.3 is 5.97 Å². The second kappa shape index (κ2) is 5.46. The highest BCUT2D eigenvalue weighted by Crippen LogP contribution is 2.19. The fraction of sp³-hybridized carbons (Fsp3) is 0.417. The van der Waals surface area contributed by atoms with E-state index in [0.717, 1.165) is 10.0 Å². The van der Waals surface area contributed by atoms with Crippen molar-refractivity contribution in [1.29, 1.82) is 0 Å². The quantitative estimate of drug-likeness (QED) is 0.905. The van der Waals surface area contributed by atoms with Crippen LogP contribution >= 0.6 is 15.9 Å². The van der Waals surface area contributed by atoms with E-state index in [1.54, 1.807) is 13.8 Å². The first kappa shape index (κ1) is 13.2. The normalized spacial score (nSPS) is 11.4. The second-order valence-electron chi connectivity index (χ2n) is 4.27. The number of aliphatic carboxylic acids is 1. The minimum Gasteiger partial charge on any atom is -0.481 e. The van der Waals surface area contributed by atoms with Gasteiger partial charge in [0.1, 0.15) is 0 Å². The third kappa shape index (κ3) is 3.61. The molecule has 0 fully saturated rings. The maximum absolute atomic E-state index is 10.8. The van der Waals surface area contributed by atoms with E-state index in [2.05, 4.69) is 15.9 Å². The van der Waals surface area contributed by atoms with Crippen LogP contribution in [-0.2, 0) is 16.1 Å². The summed E-state index contributed by atoms with van der Waals surface area (Å²) in [5, 5.41) is 8.90. The van der Waals surface area contributed by atoms with Crippen LogP contribution in [0, 0.1) is 5.41 Å². The number of benzene rings is 1. The van der Waals surface area contributed by atoms with Crippen molar-refractivity contribution >= 4 is 21.9 Å². The van der Waals surface area contributed by atoms with E-state index in [4.69, 9.17) is 9.84 Å². The lowest BCUT2D eigenvalue weighted by Crippen LogP contribution is -2.29. The standard InChI is InChI=1S/C12H15BrO3/c1-12(2,11(14)15)8-16-7-9-5-3-4-6-10(9)13/h3-6H,7-8H2,1-2H3,(H,14,15). The average molecular weight is 287 g/mol. The molecule has 0 saturated heterocycles. The molecule has 0 aliphatic rings. The summed E-state index contributed by atoms with van der Waals surface area (Å²) in [4.78, 5) is 10.8. The Morgan fingerprint density at radius 3 is 2.62 bits per heavy atom. The molecule has 1 aromatic rings. The predicted molar refractivity (Wildman–Crippen MR) is 65.2 cm³/mol.